The van der Waals surface area contributed by atoms with Gasteiger partial charge in [-0.25, -0.2) is 0 Å². The van der Waals surface area contributed by atoms with E-state index in [4.69, 9.17) is 16.4 Å². The molecule has 1 aliphatic heterocycles. The van der Waals surface area contributed by atoms with Crippen molar-refractivity contribution in [2.75, 3.05) is 13.2 Å². The van der Waals surface area contributed by atoms with Crippen molar-refractivity contribution in [2.24, 2.45) is 5.92 Å². The Morgan fingerprint density at radius 2 is 2.00 bits per heavy atom. The van der Waals surface area contributed by atoms with Crippen LogP contribution in [0, 0.1) is 12.8 Å². The van der Waals surface area contributed by atoms with Crippen molar-refractivity contribution in [3.05, 3.63) is 6.92 Å². The molecule has 9 heavy (non-hydrogen) atoms. The van der Waals surface area contributed by atoms with Crippen LogP contribution in [0.25, 0.3) is 0 Å². The van der Waals surface area contributed by atoms with Crippen molar-refractivity contribution in [3.8, 4) is 0 Å². The van der Waals surface area contributed by atoms with Gasteiger partial charge in [0.15, 0.2) is 6.29 Å². The minimum absolute atomic E-state index is 0.0344. The van der Waals surface area contributed by atoms with Gasteiger partial charge in [0.25, 0.3) is 0 Å². The quantitative estimate of drug-likeness (QED) is 0.526. The molecule has 0 N–H and O–H groups in total. The molecule has 0 aromatic rings. The fourth-order valence-electron chi connectivity index (χ4n) is 0.775. The molecule has 2 heteroatoms. The van der Waals surface area contributed by atoms with Gasteiger partial charge in [-0.2, -0.15) is 0 Å². The van der Waals surface area contributed by atoms with Crippen LogP contribution < -0.4 is 0 Å². The van der Waals surface area contributed by atoms with Crippen LogP contribution >= 0.6 is 0 Å². The van der Waals surface area contributed by atoms with E-state index in [9.17, 15) is 0 Å². The van der Waals surface area contributed by atoms with E-state index < -0.39 is 0 Å². The molecule has 1 rings (SSSR count). The van der Waals surface area contributed by atoms with Crippen molar-refractivity contribution in [1.29, 1.82) is 0 Å². The lowest BCUT2D eigenvalue weighted by Crippen LogP contribution is -2.29. The molecule has 0 atom stereocenters. The van der Waals surface area contributed by atoms with E-state index in [0.717, 1.165) is 13.2 Å². The van der Waals surface area contributed by atoms with Gasteiger partial charge >= 0.3 is 0 Å². The van der Waals surface area contributed by atoms with Crippen LogP contribution in [0.15, 0.2) is 0 Å². The molecule has 0 spiro atoms. The standard InChI is InChI=1S/C7H12O2/c1-3-7-4-8-6(2)9-5-7/h1,6-7H,3-5H2,2H3. The first kappa shape index (κ1) is 7.03. The van der Waals surface area contributed by atoms with Crippen LogP contribution in [0.2, 0.25) is 0 Å². The van der Waals surface area contributed by atoms with Crippen LogP contribution in [0.5, 0.6) is 0 Å². The van der Waals surface area contributed by atoms with Crippen LogP contribution in [0.1, 0.15) is 13.3 Å². The topological polar surface area (TPSA) is 18.5 Å². The van der Waals surface area contributed by atoms with E-state index in [1.165, 1.54) is 0 Å². The Labute approximate surface area is 56.2 Å². The highest BCUT2D eigenvalue weighted by molar-refractivity contribution is 4.61. The summed E-state index contributed by atoms with van der Waals surface area (Å²) in [6, 6.07) is 0. The van der Waals surface area contributed by atoms with Gasteiger partial charge in [-0.15, -0.1) is 0 Å². The molecule has 1 aliphatic rings. The van der Waals surface area contributed by atoms with Gasteiger partial charge in [0, 0.05) is 5.92 Å². The Bertz CT molecular complexity index is 75.0. The molecule has 0 saturated carbocycles. The number of rotatable bonds is 1. The largest absolute Gasteiger partial charge is 0.353 e. The molecular weight excluding hydrogens is 116 g/mol. The summed E-state index contributed by atoms with van der Waals surface area (Å²) in [5, 5.41) is 0. The predicted molar refractivity (Wildman–Crippen MR) is 33.8 cm³/mol. The third-order valence-corrected chi connectivity index (χ3v) is 1.47. The summed E-state index contributed by atoms with van der Waals surface area (Å²) in [4.78, 5) is 0. The minimum atomic E-state index is -0.0344. The van der Waals surface area contributed by atoms with E-state index in [1.54, 1.807) is 0 Å². The van der Waals surface area contributed by atoms with E-state index in [0.29, 0.717) is 12.3 Å². The van der Waals surface area contributed by atoms with E-state index >= 15 is 0 Å². The minimum Gasteiger partial charge on any atom is -0.353 e. The molecule has 52 valence electrons. The molecule has 0 amide bonds. The molecule has 0 aromatic heterocycles. The monoisotopic (exact) mass is 128 g/mol. The Morgan fingerprint density at radius 1 is 1.44 bits per heavy atom. The smallest absolute Gasteiger partial charge is 0.154 e. The van der Waals surface area contributed by atoms with Gasteiger partial charge in [0.2, 0.25) is 0 Å². The van der Waals surface area contributed by atoms with Gasteiger partial charge < -0.3 is 9.47 Å². The fraction of sp³-hybridized carbons (Fsp3) is 0.857. The number of ether oxygens (including phenoxy) is 2. The predicted octanol–water partition coefficient (Wildman–Crippen LogP) is 1.10. The lowest BCUT2D eigenvalue weighted by Gasteiger charge is -2.25. The summed E-state index contributed by atoms with van der Waals surface area (Å²) >= 11 is 0. The van der Waals surface area contributed by atoms with Crippen molar-refractivity contribution >= 4 is 0 Å². The van der Waals surface area contributed by atoms with Crippen LogP contribution in [-0.2, 0) is 9.47 Å². The van der Waals surface area contributed by atoms with Gasteiger partial charge in [-0.3, -0.25) is 0 Å². The van der Waals surface area contributed by atoms with Crippen LogP contribution in [-0.4, -0.2) is 19.5 Å². The maximum Gasteiger partial charge on any atom is 0.154 e. The summed E-state index contributed by atoms with van der Waals surface area (Å²) in [5.41, 5.74) is 0. The SMILES string of the molecule is [CH]CC1COC(C)OC1. The molecule has 1 saturated heterocycles. The summed E-state index contributed by atoms with van der Waals surface area (Å²) < 4.78 is 10.4. The van der Waals surface area contributed by atoms with E-state index in [2.05, 4.69) is 0 Å². The third kappa shape index (κ3) is 1.95. The van der Waals surface area contributed by atoms with E-state index in [1.807, 2.05) is 6.92 Å². The molecule has 0 unspecified atom stereocenters. The van der Waals surface area contributed by atoms with Crippen molar-refractivity contribution in [3.63, 3.8) is 0 Å². The third-order valence-electron chi connectivity index (χ3n) is 1.47. The first-order valence-corrected chi connectivity index (χ1v) is 3.26. The first-order valence-electron chi connectivity index (χ1n) is 3.26. The van der Waals surface area contributed by atoms with Gasteiger partial charge in [-0.1, -0.05) is 0 Å². The summed E-state index contributed by atoms with van der Waals surface area (Å²) in [5.74, 6) is 0.404. The highest BCUT2D eigenvalue weighted by atomic mass is 16.7. The lowest BCUT2D eigenvalue weighted by molar-refractivity contribution is -0.189. The maximum atomic E-state index is 5.39. The van der Waals surface area contributed by atoms with Crippen molar-refractivity contribution < 1.29 is 9.47 Å². The molecule has 1 fully saturated rings. The molecule has 1 heterocycles. The van der Waals surface area contributed by atoms with Crippen molar-refractivity contribution in [1.82, 2.24) is 0 Å². The summed E-state index contributed by atoms with van der Waals surface area (Å²) in [7, 11) is 0. The zero-order chi connectivity index (χ0) is 6.69. The van der Waals surface area contributed by atoms with Crippen molar-refractivity contribution in [2.45, 2.75) is 19.6 Å². The summed E-state index contributed by atoms with van der Waals surface area (Å²) in [6.45, 7) is 8.78. The second kappa shape index (κ2) is 3.18. The first-order chi connectivity index (χ1) is 4.33. The van der Waals surface area contributed by atoms with Crippen LogP contribution in [0.4, 0.5) is 0 Å². The van der Waals surface area contributed by atoms with Gasteiger partial charge in [-0.05, 0) is 20.3 Å². The van der Waals surface area contributed by atoms with Crippen LogP contribution in [0.3, 0.4) is 0 Å². The average molecular weight is 128 g/mol. The summed E-state index contributed by atoms with van der Waals surface area (Å²) in [6.07, 6.45) is 0.625. The Morgan fingerprint density at radius 3 is 2.44 bits per heavy atom. The highest BCUT2D eigenvalue weighted by Gasteiger charge is 2.16. The molecule has 0 bridgehead atoms. The fourth-order valence-corrected chi connectivity index (χ4v) is 0.775. The molecule has 0 aliphatic carbocycles. The van der Waals surface area contributed by atoms with Gasteiger partial charge in [0.05, 0.1) is 13.2 Å². The highest BCUT2D eigenvalue weighted by Crippen LogP contribution is 2.12. The Kier molecular flexibility index (Phi) is 2.49. The second-order valence-corrected chi connectivity index (χ2v) is 2.34. The zero-order valence-electron chi connectivity index (χ0n) is 5.67. The molecule has 2 radical (unpaired) electrons. The molecular formula is C7H12O2. The Balaban J connectivity index is 2.18. The van der Waals surface area contributed by atoms with E-state index in [-0.39, 0.29) is 6.29 Å². The maximum absolute atomic E-state index is 5.39. The number of hydrogen-bond acceptors (Lipinski definition) is 2. The average Bonchev–Trinajstić information content (AvgIpc) is 1.90. The van der Waals surface area contributed by atoms with Gasteiger partial charge in [0.1, 0.15) is 0 Å². The number of hydrogen-bond donors (Lipinski definition) is 0. The molecule has 2 nitrogen and oxygen atoms in total. The lowest BCUT2D eigenvalue weighted by atomic mass is 10.1. The molecule has 0 aromatic carbocycles. The second-order valence-electron chi connectivity index (χ2n) is 2.34. The zero-order valence-corrected chi connectivity index (χ0v) is 5.67. The Hall–Kier alpha value is -0.0800. The normalized spacial score (nSPS) is 36.7.